The van der Waals surface area contributed by atoms with Crippen molar-refractivity contribution in [3.63, 3.8) is 0 Å². The molecular formula is C11H22N6O2. The molecule has 0 aliphatic carbocycles. The third kappa shape index (κ3) is 6.16. The van der Waals surface area contributed by atoms with Crippen molar-refractivity contribution < 1.29 is 9.47 Å². The molecule has 0 aromatic carbocycles. The van der Waals surface area contributed by atoms with Crippen LogP contribution in [0.15, 0.2) is 0 Å². The normalized spacial score (nSPS) is 10.3. The Morgan fingerprint density at radius 3 is 2.58 bits per heavy atom. The maximum atomic E-state index is 5.38. The molecule has 1 aromatic heterocycles. The molecule has 1 heterocycles. The molecule has 0 bridgehead atoms. The summed E-state index contributed by atoms with van der Waals surface area (Å²) in [6, 6.07) is 0.246. The number of nitrogens with one attached hydrogen (secondary N) is 2. The summed E-state index contributed by atoms with van der Waals surface area (Å²) in [5.74, 6) is 5.99. The van der Waals surface area contributed by atoms with Crippen molar-refractivity contribution in [1.29, 1.82) is 0 Å². The van der Waals surface area contributed by atoms with E-state index in [9.17, 15) is 0 Å². The fourth-order valence-electron chi connectivity index (χ4n) is 1.31. The number of anilines is 2. The van der Waals surface area contributed by atoms with Crippen LogP contribution in [0.25, 0.3) is 0 Å². The van der Waals surface area contributed by atoms with Crippen LogP contribution in [0, 0.1) is 0 Å². The molecule has 0 unspecified atom stereocenters. The highest BCUT2D eigenvalue weighted by Gasteiger charge is 2.05. The molecule has 108 valence electrons. The first kappa shape index (κ1) is 15.4. The molecule has 4 N–H and O–H groups in total. The second kappa shape index (κ2) is 9.29. The minimum atomic E-state index is 0.246. The minimum absolute atomic E-state index is 0.246. The van der Waals surface area contributed by atoms with Gasteiger partial charge in [0.25, 0.3) is 0 Å². The van der Waals surface area contributed by atoms with Gasteiger partial charge in [-0.05, 0) is 19.8 Å². The Morgan fingerprint density at radius 2 is 1.89 bits per heavy atom. The second-order valence-corrected chi connectivity index (χ2v) is 3.74. The van der Waals surface area contributed by atoms with E-state index in [1.165, 1.54) is 0 Å². The number of nitrogens with two attached hydrogens (primary N) is 1. The predicted molar refractivity (Wildman–Crippen MR) is 73.0 cm³/mol. The van der Waals surface area contributed by atoms with Crippen molar-refractivity contribution in [2.75, 3.05) is 37.1 Å². The van der Waals surface area contributed by atoms with Crippen LogP contribution in [0.4, 0.5) is 11.9 Å². The first-order valence-corrected chi connectivity index (χ1v) is 6.47. The highest BCUT2D eigenvalue weighted by Crippen LogP contribution is 2.10. The van der Waals surface area contributed by atoms with Crippen molar-refractivity contribution in [3.8, 4) is 6.01 Å². The molecule has 8 nitrogen and oxygen atoms in total. The number of hydrogen-bond acceptors (Lipinski definition) is 8. The molecule has 0 aliphatic rings. The average molecular weight is 270 g/mol. The van der Waals surface area contributed by atoms with Gasteiger partial charge in [0, 0.05) is 19.8 Å². The summed E-state index contributed by atoms with van der Waals surface area (Å²) in [6.07, 6.45) is 1.91. The third-order valence-corrected chi connectivity index (χ3v) is 2.11. The van der Waals surface area contributed by atoms with E-state index in [0.29, 0.717) is 25.7 Å². The summed E-state index contributed by atoms with van der Waals surface area (Å²) in [5, 5.41) is 3.08. The molecular weight excluding hydrogens is 248 g/mol. The third-order valence-electron chi connectivity index (χ3n) is 2.11. The van der Waals surface area contributed by atoms with Gasteiger partial charge < -0.3 is 14.8 Å². The van der Waals surface area contributed by atoms with Gasteiger partial charge in [0.15, 0.2) is 0 Å². The lowest BCUT2D eigenvalue weighted by molar-refractivity contribution is 0.134. The number of hydrazine groups is 1. The lowest BCUT2D eigenvalue weighted by atomic mass is 10.4. The number of nitrogen functional groups attached to an aromatic ring is 1. The van der Waals surface area contributed by atoms with Crippen LogP contribution in [0.2, 0.25) is 0 Å². The molecule has 8 heteroatoms. The van der Waals surface area contributed by atoms with Crippen LogP contribution in [0.3, 0.4) is 0 Å². The molecule has 1 aromatic rings. The van der Waals surface area contributed by atoms with Crippen molar-refractivity contribution >= 4 is 11.9 Å². The van der Waals surface area contributed by atoms with Crippen LogP contribution in [-0.4, -0.2) is 41.3 Å². The first-order valence-electron chi connectivity index (χ1n) is 6.47. The van der Waals surface area contributed by atoms with Gasteiger partial charge in [-0.25, -0.2) is 5.84 Å². The Labute approximate surface area is 113 Å². The van der Waals surface area contributed by atoms with E-state index in [2.05, 4.69) is 32.6 Å². The quantitative estimate of drug-likeness (QED) is 0.325. The molecule has 1 rings (SSSR count). The standard InChI is InChI=1S/C11H22N6O2/c1-3-7-18-8-5-6-13-9-14-10(17-12)16-11(15-9)19-4-2/h3-8,12H2,1-2H3,(H2,13,14,15,16,17). The van der Waals surface area contributed by atoms with E-state index < -0.39 is 0 Å². The molecule has 19 heavy (non-hydrogen) atoms. The van der Waals surface area contributed by atoms with Gasteiger partial charge in [-0.1, -0.05) is 6.92 Å². The van der Waals surface area contributed by atoms with Gasteiger partial charge in [0.2, 0.25) is 11.9 Å². The molecule has 0 amide bonds. The summed E-state index contributed by atoms with van der Waals surface area (Å²) in [4.78, 5) is 12.2. The van der Waals surface area contributed by atoms with Gasteiger partial charge >= 0.3 is 6.01 Å². The molecule has 0 saturated heterocycles. The number of ether oxygens (including phenoxy) is 2. The topological polar surface area (TPSA) is 107 Å². The summed E-state index contributed by atoms with van der Waals surface area (Å²) < 4.78 is 10.6. The van der Waals surface area contributed by atoms with Crippen molar-refractivity contribution in [1.82, 2.24) is 15.0 Å². The predicted octanol–water partition coefficient (Wildman–Crippen LogP) is 0.784. The molecule has 0 spiro atoms. The first-order chi connectivity index (χ1) is 9.30. The van der Waals surface area contributed by atoms with Crippen LogP contribution >= 0.6 is 0 Å². The fourth-order valence-corrected chi connectivity index (χ4v) is 1.31. The Bertz CT molecular complexity index is 363. The van der Waals surface area contributed by atoms with E-state index in [-0.39, 0.29) is 12.0 Å². The fraction of sp³-hybridized carbons (Fsp3) is 0.727. The van der Waals surface area contributed by atoms with Crippen molar-refractivity contribution in [3.05, 3.63) is 0 Å². The van der Waals surface area contributed by atoms with Gasteiger partial charge in [-0.3, -0.25) is 5.43 Å². The Hall–Kier alpha value is -1.67. The van der Waals surface area contributed by atoms with Gasteiger partial charge in [-0.15, -0.1) is 0 Å². The zero-order valence-electron chi connectivity index (χ0n) is 11.5. The number of nitrogens with zero attached hydrogens (tertiary/aromatic N) is 3. The molecule has 0 atom stereocenters. The average Bonchev–Trinajstić information content (AvgIpc) is 2.43. The second-order valence-electron chi connectivity index (χ2n) is 3.74. The zero-order valence-corrected chi connectivity index (χ0v) is 11.5. The number of rotatable bonds is 10. The van der Waals surface area contributed by atoms with Crippen molar-refractivity contribution in [2.24, 2.45) is 5.84 Å². The van der Waals surface area contributed by atoms with Crippen molar-refractivity contribution in [2.45, 2.75) is 26.7 Å². The van der Waals surface area contributed by atoms with Crippen LogP contribution in [-0.2, 0) is 4.74 Å². The van der Waals surface area contributed by atoms with E-state index in [1.54, 1.807) is 0 Å². The Balaban J connectivity index is 2.41. The van der Waals surface area contributed by atoms with Gasteiger partial charge in [0.1, 0.15) is 0 Å². The maximum absolute atomic E-state index is 5.38. The number of hydrogen-bond donors (Lipinski definition) is 3. The number of aromatic nitrogens is 3. The lowest BCUT2D eigenvalue weighted by Crippen LogP contribution is -2.15. The van der Waals surface area contributed by atoms with E-state index in [0.717, 1.165) is 19.4 Å². The molecule has 0 saturated carbocycles. The Kier molecular flexibility index (Phi) is 7.52. The smallest absolute Gasteiger partial charge is 0.323 e. The van der Waals surface area contributed by atoms with Crippen LogP contribution in [0.1, 0.15) is 26.7 Å². The largest absolute Gasteiger partial charge is 0.464 e. The lowest BCUT2D eigenvalue weighted by Gasteiger charge is -2.08. The Morgan fingerprint density at radius 1 is 1.11 bits per heavy atom. The van der Waals surface area contributed by atoms with Gasteiger partial charge in [-0.2, -0.15) is 15.0 Å². The van der Waals surface area contributed by atoms with E-state index in [4.69, 9.17) is 15.3 Å². The van der Waals surface area contributed by atoms with E-state index >= 15 is 0 Å². The summed E-state index contributed by atoms with van der Waals surface area (Å²) in [7, 11) is 0. The van der Waals surface area contributed by atoms with E-state index in [1.807, 2.05) is 6.92 Å². The summed E-state index contributed by atoms with van der Waals surface area (Å²) in [6.45, 7) is 6.65. The monoisotopic (exact) mass is 270 g/mol. The summed E-state index contributed by atoms with van der Waals surface area (Å²) >= 11 is 0. The highest BCUT2D eigenvalue weighted by molar-refractivity contribution is 5.34. The molecule has 0 fully saturated rings. The van der Waals surface area contributed by atoms with Crippen LogP contribution < -0.4 is 21.3 Å². The highest BCUT2D eigenvalue weighted by atomic mass is 16.5. The van der Waals surface area contributed by atoms with Gasteiger partial charge in [0.05, 0.1) is 6.61 Å². The summed E-state index contributed by atoms with van der Waals surface area (Å²) in [5.41, 5.74) is 2.38. The maximum Gasteiger partial charge on any atom is 0.323 e. The molecule has 0 radical (unpaired) electrons. The van der Waals surface area contributed by atoms with Crippen LogP contribution in [0.5, 0.6) is 6.01 Å². The SMILES string of the molecule is CCCOCCCNc1nc(NN)nc(OCC)n1. The zero-order chi connectivity index (χ0) is 13.9. The molecule has 0 aliphatic heterocycles. The minimum Gasteiger partial charge on any atom is -0.464 e.